The standard InChI is InChI=1S/C8H16N2O4/c1-3-5(2)8(9,7(13)14)10-4-6(11)12/h5,10H,3-4,9H2,1-2H3,(H,11,12)(H,13,14)/t5-,8+/m0/s1. The third-order valence-electron chi connectivity index (χ3n) is 2.28. The van der Waals surface area contributed by atoms with E-state index in [-0.39, 0.29) is 5.92 Å². The van der Waals surface area contributed by atoms with Gasteiger partial charge in [0.1, 0.15) is 0 Å². The minimum absolute atomic E-state index is 0.348. The lowest BCUT2D eigenvalue weighted by Crippen LogP contribution is -2.64. The number of nitrogens with one attached hydrogen (secondary N) is 1. The largest absolute Gasteiger partial charge is 0.480 e. The highest BCUT2D eigenvalue weighted by molar-refractivity contribution is 5.79. The van der Waals surface area contributed by atoms with Gasteiger partial charge in [0.15, 0.2) is 5.66 Å². The number of rotatable bonds is 6. The highest BCUT2D eigenvalue weighted by atomic mass is 16.4. The smallest absolute Gasteiger partial charge is 0.339 e. The van der Waals surface area contributed by atoms with Crippen molar-refractivity contribution in [3.63, 3.8) is 0 Å². The lowest BCUT2D eigenvalue weighted by atomic mass is 9.92. The first-order valence-corrected chi connectivity index (χ1v) is 4.33. The minimum atomic E-state index is -1.67. The summed E-state index contributed by atoms with van der Waals surface area (Å²) in [6.45, 7) is 2.98. The van der Waals surface area contributed by atoms with Crippen molar-refractivity contribution in [2.45, 2.75) is 25.9 Å². The zero-order valence-electron chi connectivity index (χ0n) is 8.28. The maximum absolute atomic E-state index is 10.9. The lowest BCUT2D eigenvalue weighted by molar-refractivity contribution is -0.148. The second-order valence-electron chi connectivity index (χ2n) is 3.23. The number of aliphatic carboxylic acids is 2. The van der Waals surface area contributed by atoms with Gasteiger partial charge in [0.25, 0.3) is 0 Å². The fourth-order valence-corrected chi connectivity index (χ4v) is 1.00. The fraction of sp³-hybridized carbons (Fsp3) is 0.750. The predicted molar refractivity (Wildman–Crippen MR) is 49.6 cm³/mol. The van der Waals surface area contributed by atoms with Crippen LogP contribution in [0.4, 0.5) is 0 Å². The predicted octanol–water partition coefficient (Wildman–Crippen LogP) is -0.554. The van der Waals surface area contributed by atoms with Crippen LogP contribution in [0.15, 0.2) is 0 Å². The molecule has 14 heavy (non-hydrogen) atoms. The molecular formula is C8H16N2O4. The molecule has 0 amide bonds. The number of carboxylic acids is 2. The fourth-order valence-electron chi connectivity index (χ4n) is 1.00. The van der Waals surface area contributed by atoms with Gasteiger partial charge in [0.2, 0.25) is 0 Å². The number of hydrogen-bond acceptors (Lipinski definition) is 4. The summed E-state index contributed by atoms with van der Waals surface area (Å²) in [6.07, 6.45) is 0.551. The van der Waals surface area contributed by atoms with Crippen LogP contribution in [0.5, 0.6) is 0 Å². The van der Waals surface area contributed by atoms with Crippen LogP contribution in [0, 0.1) is 5.92 Å². The Morgan fingerprint density at radius 3 is 2.29 bits per heavy atom. The van der Waals surface area contributed by atoms with Gasteiger partial charge in [0, 0.05) is 0 Å². The molecule has 0 heterocycles. The van der Waals surface area contributed by atoms with E-state index in [1.807, 2.05) is 0 Å². The summed E-state index contributed by atoms with van der Waals surface area (Å²) < 4.78 is 0. The molecule has 0 aliphatic heterocycles. The molecule has 2 atom stereocenters. The summed E-state index contributed by atoms with van der Waals surface area (Å²) in [5.74, 6) is -2.73. The van der Waals surface area contributed by atoms with Crippen LogP contribution in [0.25, 0.3) is 0 Å². The second kappa shape index (κ2) is 4.92. The molecule has 0 unspecified atom stereocenters. The molecule has 0 spiro atoms. The Balaban J connectivity index is 4.55. The Kier molecular flexibility index (Phi) is 4.52. The molecule has 0 radical (unpaired) electrons. The van der Waals surface area contributed by atoms with E-state index in [2.05, 4.69) is 5.32 Å². The normalized spacial score (nSPS) is 17.1. The van der Waals surface area contributed by atoms with Gasteiger partial charge in [0.05, 0.1) is 6.54 Å². The van der Waals surface area contributed by atoms with Gasteiger partial charge in [-0.25, -0.2) is 4.79 Å². The zero-order chi connectivity index (χ0) is 11.4. The molecule has 0 aromatic heterocycles. The van der Waals surface area contributed by atoms with E-state index in [4.69, 9.17) is 15.9 Å². The summed E-state index contributed by atoms with van der Waals surface area (Å²) >= 11 is 0. The maximum atomic E-state index is 10.9. The maximum Gasteiger partial charge on any atom is 0.339 e. The first-order chi connectivity index (χ1) is 6.34. The van der Waals surface area contributed by atoms with Crippen LogP contribution >= 0.6 is 0 Å². The van der Waals surface area contributed by atoms with E-state index in [0.29, 0.717) is 6.42 Å². The highest BCUT2D eigenvalue weighted by Crippen LogP contribution is 2.15. The Hall–Kier alpha value is -1.14. The molecule has 0 saturated heterocycles. The molecule has 0 aromatic rings. The van der Waals surface area contributed by atoms with Crippen molar-refractivity contribution in [3.05, 3.63) is 0 Å². The van der Waals surface area contributed by atoms with Gasteiger partial charge >= 0.3 is 11.9 Å². The van der Waals surface area contributed by atoms with Crippen molar-refractivity contribution in [1.82, 2.24) is 5.32 Å². The van der Waals surface area contributed by atoms with Gasteiger partial charge in [-0.1, -0.05) is 13.8 Å². The number of carboxylic acid groups (broad SMARTS) is 2. The van der Waals surface area contributed by atoms with Gasteiger partial charge in [-0.3, -0.25) is 10.1 Å². The van der Waals surface area contributed by atoms with E-state index >= 15 is 0 Å². The van der Waals surface area contributed by atoms with Gasteiger partial charge in [-0.2, -0.15) is 0 Å². The van der Waals surface area contributed by atoms with Crippen molar-refractivity contribution >= 4 is 11.9 Å². The third kappa shape index (κ3) is 2.97. The van der Waals surface area contributed by atoms with Crippen LogP contribution in [0.3, 0.4) is 0 Å². The topological polar surface area (TPSA) is 113 Å². The Labute approximate surface area is 82.1 Å². The van der Waals surface area contributed by atoms with Gasteiger partial charge < -0.3 is 15.9 Å². The van der Waals surface area contributed by atoms with Crippen molar-refractivity contribution in [2.75, 3.05) is 6.54 Å². The van der Waals surface area contributed by atoms with Crippen LogP contribution in [0.1, 0.15) is 20.3 Å². The van der Waals surface area contributed by atoms with Crippen molar-refractivity contribution in [1.29, 1.82) is 0 Å². The molecular weight excluding hydrogens is 188 g/mol. The monoisotopic (exact) mass is 204 g/mol. The molecule has 0 aliphatic rings. The molecule has 0 aliphatic carbocycles. The van der Waals surface area contributed by atoms with Gasteiger partial charge in [-0.05, 0) is 12.3 Å². The molecule has 0 rings (SSSR count). The highest BCUT2D eigenvalue weighted by Gasteiger charge is 2.38. The number of hydrogen-bond donors (Lipinski definition) is 4. The summed E-state index contributed by atoms with van der Waals surface area (Å²) in [5.41, 5.74) is 3.90. The quantitative estimate of drug-likeness (QED) is 0.432. The van der Waals surface area contributed by atoms with Crippen molar-refractivity contribution in [2.24, 2.45) is 11.7 Å². The van der Waals surface area contributed by atoms with Crippen LogP contribution in [0.2, 0.25) is 0 Å². The molecule has 6 nitrogen and oxygen atoms in total. The van der Waals surface area contributed by atoms with Crippen LogP contribution in [-0.2, 0) is 9.59 Å². The van der Waals surface area contributed by atoms with Crippen molar-refractivity contribution < 1.29 is 19.8 Å². The van der Waals surface area contributed by atoms with E-state index in [0.717, 1.165) is 0 Å². The van der Waals surface area contributed by atoms with Gasteiger partial charge in [-0.15, -0.1) is 0 Å². The number of nitrogens with two attached hydrogens (primary N) is 1. The summed E-state index contributed by atoms with van der Waals surface area (Å²) in [6, 6.07) is 0. The third-order valence-corrected chi connectivity index (χ3v) is 2.28. The molecule has 0 saturated carbocycles. The first kappa shape index (κ1) is 12.9. The van der Waals surface area contributed by atoms with Crippen molar-refractivity contribution in [3.8, 4) is 0 Å². The molecule has 5 N–H and O–H groups in total. The summed E-state index contributed by atoms with van der Waals surface area (Å²) in [4.78, 5) is 21.1. The molecule has 82 valence electrons. The number of carbonyl (C=O) groups is 2. The molecule has 0 fully saturated rings. The van der Waals surface area contributed by atoms with E-state index in [9.17, 15) is 9.59 Å². The zero-order valence-corrected chi connectivity index (χ0v) is 8.28. The van der Waals surface area contributed by atoms with Crippen LogP contribution < -0.4 is 11.1 Å². The SMILES string of the molecule is CC[C@H](C)[C@@](N)(NCC(=O)O)C(=O)O. The Morgan fingerprint density at radius 1 is 1.50 bits per heavy atom. The van der Waals surface area contributed by atoms with E-state index in [1.165, 1.54) is 0 Å². The van der Waals surface area contributed by atoms with E-state index < -0.39 is 24.1 Å². The summed E-state index contributed by atoms with van der Waals surface area (Å²) in [7, 11) is 0. The van der Waals surface area contributed by atoms with Crippen LogP contribution in [-0.4, -0.2) is 34.4 Å². The summed E-state index contributed by atoms with van der Waals surface area (Å²) in [5, 5.41) is 19.6. The average molecular weight is 204 g/mol. The first-order valence-electron chi connectivity index (χ1n) is 4.33. The molecule has 0 bridgehead atoms. The average Bonchev–Trinajstić information content (AvgIpc) is 2.12. The Morgan fingerprint density at radius 2 is 2.00 bits per heavy atom. The second-order valence-corrected chi connectivity index (χ2v) is 3.23. The minimum Gasteiger partial charge on any atom is -0.480 e. The van der Waals surface area contributed by atoms with E-state index in [1.54, 1.807) is 13.8 Å². The molecule has 0 aromatic carbocycles. The lowest BCUT2D eigenvalue weighted by Gasteiger charge is -2.30. The molecule has 6 heteroatoms. The Bertz CT molecular complexity index is 231.